The summed E-state index contributed by atoms with van der Waals surface area (Å²) in [6.45, 7) is 0. The van der Waals surface area contributed by atoms with Crippen LogP contribution in [0.5, 0.6) is 0 Å². The number of rotatable bonds is 4. The van der Waals surface area contributed by atoms with E-state index in [0.29, 0.717) is 0 Å². The van der Waals surface area contributed by atoms with Crippen LogP contribution in [-0.4, -0.2) is 0 Å². The molecule has 51 heavy (non-hydrogen) atoms. The molecule has 238 valence electrons. The monoisotopic (exact) mass is 651 g/mol. The average molecular weight is 652 g/mol. The average Bonchev–Trinajstić information content (AvgIpc) is 3.78. The van der Waals surface area contributed by atoms with Gasteiger partial charge in [0.2, 0.25) is 0 Å². The van der Waals surface area contributed by atoms with Gasteiger partial charge < -0.3 is 13.7 Å². The lowest BCUT2D eigenvalue weighted by atomic mass is 9.97. The molecule has 2 heterocycles. The van der Waals surface area contributed by atoms with Crippen LogP contribution in [-0.2, 0) is 0 Å². The second kappa shape index (κ2) is 10.8. The van der Waals surface area contributed by atoms with Crippen molar-refractivity contribution in [2.75, 3.05) is 4.90 Å². The van der Waals surface area contributed by atoms with Gasteiger partial charge in [0.25, 0.3) is 0 Å². The third-order valence-electron chi connectivity index (χ3n) is 10.4. The number of nitrogens with zero attached hydrogens (tertiary/aromatic N) is 1. The molecule has 11 rings (SSSR count). The largest absolute Gasteiger partial charge is 0.455 e. The Morgan fingerprint density at radius 1 is 0.353 bits per heavy atom. The van der Waals surface area contributed by atoms with Gasteiger partial charge in [-0.05, 0) is 87.3 Å². The normalized spacial score (nSPS) is 11.9. The van der Waals surface area contributed by atoms with Gasteiger partial charge >= 0.3 is 0 Å². The van der Waals surface area contributed by atoms with Crippen LogP contribution in [0.15, 0.2) is 185 Å². The van der Waals surface area contributed by atoms with Crippen LogP contribution in [0.4, 0.5) is 17.1 Å². The highest BCUT2D eigenvalue weighted by Gasteiger charge is 2.21. The lowest BCUT2D eigenvalue weighted by Gasteiger charge is -2.27. The van der Waals surface area contributed by atoms with Crippen molar-refractivity contribution in [1.82, 2.24) is 0 Å². The van der Waals surface area contributed by atoms with E-state index in [1.54, 1.807) is 0 Å². The Bertz CT molecular complexity index is 3150. The third kappa shape index (κ3) is 4.25. The zero-order valence-corrected chi connectivity index (χ0v) is 27.5. The van der Waals surface area contributed by atoms with Crippen molar-refractivity contribution in [3.05, 3.63) is 176 Å². The zero-order chi connectivity index (χ0) is 33.5. The number of anilines is 3. The van der Waals surface area contributed by atoms with E-state index in [2.05, 4.69) is 181 Å². The Labute approximate surface area is 293 Å². The van der Waals surface area contributed by atoms with Crippen molar-refractivity contribution >= 4 is 93.3 Å². The van der Waals surface area contributed by atoms with Crippen LogP contribution < -0.4 is 4.90 Å². The Hall–Kier alpha value is -6.84. The highest BCUT2D eigenvalue weighted by atomic mass is 16.3. The zero-order valence-electron chi connectivity index (χ0n) is 27.5. The molecule has 0 saturated carbocycles. The smallest absolute Gasteiger partial charge is 0.143 e. The topological polar surface area (TPSA) is 29.5 Å². The van der Waals surface area contributed by atoms with E-state index < -0.39 is 0 Å². The maximum atomic E-state index is 6.64. The predicted molar refractivity (Wildman–Crippen MR) is 214 cm³/mol. The maximum Gasteiger partial charge on any atom is 0.143 e. The molecular weight excluding hydrogens is 623 g/mol. The van der Waals surface area contributed by atoms with E-state index in [1.165, 1.54) is 21.5 Å². The molecule has 0 atom stereocenters. The Kier molecular flexibility index (Phi) is 5.96. The number of hydrogen-bond acceptors (Lipinski definition) is 3. The van der Waals surface area contributed by atoms with E-state index in [9.17, 15) is 0 Å². The standard InChI is InChI=1S/C48H29NO2/c1-2-12-34-29-36(26-19-30(34)9-1)49(42-16-8-18-44-46(42)41-28-23-32-11-4-6-14-39(32)48(41)51-44)35-24-20-33(21-25-35)37-15-7-17-43-45(37)40-27-22-31-10-3-5-13-38(31)47(40)50-43/h1-29H. The van der Waals surface area contributed by atoms with Gasteiger partial charge in [-0.15, -0.1) is 0 Å². The highest BCUT2D eigenvalue weighted by Crippen LogP contribution is 2.46. The van der Waals surface area contributed by atoms with Crippen LogP contribution in [0.3, 0.4) is 0 Å². The lowest BCUT2D eigenvalue weighted by molar-refractivity contribution is 0.672. The number of furan rings is 2. The van der Waals surface area contributed by atoms with Gasteiger partial charge in [0.1, 0.15) is 22.3 Å². The van der Waals surface area contributed by atoms with E-state index in [-0.39, 0.29) is 0 Å². The molecule has 2 aromatic heterocycles. The minimum Gasteiger partial charge on any atom is -0.455 e. The van der Waals surface area contributed by atoms with Gasteiger partial charge in [0.05, 0.1) is 11.1 Å². The van der Waals surface area contributed by atoms with Crippen LogP contribution in [0.25, 0.3) is 87.3 Å². The first-order valence-corrected chi connectivity index (χ1v) is 17.3. The Morgan fingerprint density at radius 2 is 0.902 bits per heavy atom. The fraction of sp³-hybridized carbons (Fsp3) is 0. The molecule has 3 heteroatoms. The van der Waals surface area contributed by atoms with Crippen LogP contribution >= 0.6 is 0 Å². The summed E-state index contributed by atoms with van der Waals surface area (Å²) < 4.78 is 13.2. The van der Waals surface area contributed by atoms with Crippen molar-refractivity contribution in [1.29, 1.82) is 0 Å². The summed E-state index contributed by atoms with van der Waals surface area (Å²) >= 11 is 0. The van der Waals surface area contributed by atoms with Gasteiger partial charge in [0, 0.05) is 38.3 Å². The molecule has 0 spiro atoms. The molecule has 0 amide bonds. The molecule has 0 unspecified atom stereocenters. The molecular formula is C48H29NO2. The van der Waals surface area contributed by atoms with Crippen LogP contribution in [0.1, 0.15) is 0 Å². The summed E-state index contributed by atoms with van der Waals surface area (Å²) in [5, 5.41) is 11.5. The number of hydrogen-bond donors (Lipinski definition) is 0. The van der Waals surface area contributed by atoms with Crippen molar-refractivity contribution < 1.29 is 8.83 Å². The quantitative estimate of drug-likeness (QED) is 0.190. The van der Waals surface area contributed by atoms with Gasteiger partial charge in [-0.25, -0.2) is 0 Å². The molecule has 0 saturated heterocycles. The molecule has 3 nitrogen and oxygen atoms in total. The number of benzene rings is 9. The molecule has 0 bridgehead atoms. The molecule has 0 radical (unpaired) electrons. The summed E-state index contributed by atoms with van der Waals surface area (Å²) in [5.41, 5.74) is 9.11. The molecule has 9 aromatic carbocycles. The van der Waals surface area contributed by atoms with E-state index in [4.69, 9.17) is 8.83 Å². The van der Waals surface area contributed by atoms with E-state index in [1.807, 2.05) is 0 Å². The molecule has 0 aliphatic carbocycles. The maximum absolute atomic E-state index is 6.64. The van der Waals surface area contributed by atoms with E-state index in [0.717, 1.165) is 82.8 Å². The predicted octanol–water partition coefficient (Wildman–Crippen LogP) is 14.1. The molecule has 0 aliphatic heterocycles. The Morgan fingerprint density at radius 3 is 1.61 bits per heavy atom. The van der Waals surface area contributed by atoms with Gasteiger partial charge in [-0.2, -0.15) is 0 Å². The van der Waals surface area contributed by atoms with Gasteiger partial charge in [-0.1, -0.05) is 121 Å². The fourth-order valence-electron chi connectivity index (χ4n) is 8.05. The third-order valence-corrected chi connectivity index (χ3v) is 10.4. The van der Waals surface area contributed by atoms with Crippen molar-refractivity contribution in [3.8, 4) is 11.1 Å². The van der Waals surface area contributed by atoms with Crippen molar-refractivity contribution in [2.45, 2.75) is 0 Å². The van der Waals surface area contributed by atoms with Crippen molar-refractivity contribution in [2.24, 2.45) is 0 Å². The first-order valence-electron chi connectivity index (χ1n) is 17.3. The molecule has 11 aromatic rings. The summed E-state index contributed by atoms with van der Waals surface area (Å²) in [4.78, 5) is 2.36. The Balaban J connectivity index is 1.12. The second-order valence-electron chi connectivity index (χ2n) is 13.3. The summed E-state index contributed by atoms with van der Waals surface area (Å²) in [7, 11) is 0. The molecule has 0 N–H and O–H groups in total. The van der Waals surface area contributed by atoms with E-state index >= 15 is 0 Å². The van der Waals surface area contributed by atoms with Crippen LogP contribution in [0, 0.1) is 0 Å². The summed E-state index contributed by atoms with van der Waals surface area (Å²) in [6, 6.07) is 62.6. The van der Waals surface area contributed by atoms with Gasteiger partial charge in [0.15, 0.2) is 0 Å². The minimum atomic E-state index is 0.868. The van der Waals surface area contributed by atoms with Crippen LogP contribution in [0.2, 0.25) is 0 Å². The highest BCUT2D eigenvalue weighted by molar-refractivity contribution is 6.21. The first kappa shape index (κ1) is 28.0. The molecule has 0 fully saturated rings. The molecule has 0 aliphatic rings. The summed E-state index contributed by atoms with van der Waals surface area (Å²) in [6.07, 6.45) is 0. The summed E-state index contributed by atoms with van der Waals surface area (Å²) in [5.74, 6) is 0. The second-order valence-corrected chi connectivity index (χ2v) is 13.3. The number of fused-ring (bicyclic) bond motifs is 11. The van der Waals surface area contributed by atoms with Crippen molar-refractivity contribution in [3.63, 3.8) is 0 Å². The lowest BCUT2D eigenvalue weighted by Crippen LogP contribution is -2.10. The first-order chi connectivity index (χ1) is 25.3. The van der Waals surface area contributed by atoms with Gasteiger partial charge in [-0.3, -0.25) is 0 Å². The SMILES string of the molecule is c1ccc2cc(N(c3ccc(-c4cccc5oc6c7ccccc7ccc6c45)cc3)c3cccc4oc5c6ccccc6ccc5c34)ccc2c1. The minimum absolute atomic E-state index is 0.868. The fourth-order valence-corrected chi connectivity index (χ4v) is 8.05.